The SMILES string of the molecule is CCc1ccc(N)cc1CC.Nc1ccc(CBr)c(CBr)c1.[I][V]([I])[I]. The fraction of sp³-hybridized carbons (Fsp3) is 0.333. The number of hydrogen-bond acceptors (Lipinski definition) is 2. The molecular weight excluding hydrogens is 836 g/mol. The van der Waals surface area contributed by atoms with Crippen LogP contribution in [0.4, 0.5) is 11.4 Å². The van der Waals surface area contributed by atoms with Gasteiger partial charge >= 0.3 is 64.9 Å². The predicted octanol–water partition coefficient (Wildman–Crippen LogP) is 8.11. The zero-order valence-corrected chi connectivity index (χ0v) is 25.8. The van der Waals surface area contributed by atoms with Gasteiger partial charge in [-0.25, -0.2) is 0 Å². The Hall–Kier alpha value is 1.77. The fourth-order valence-electron chi connectivity index (χ4n) is 2.22. The summed E-state index contributed by atoms with van der Waals surface area (Å²) in [7, 11) is 0. The van der Waals surface area contributed by atoms with Crippen molar-refractivity contribution >= 4 is 103 Å². The van der Waals surface area contributed by atoms with Crippen molar-refractivity contribution in [2.45, 2.75) is 37.3 Å². The summed E-state index contributed by atoms with van der Waals surface area (Å²) >= 11 is 14.2. The Kier molecular flexibility index (Phi) is 17.7. The summed E-state index contributed by atoms with van der Waals surface area (Å²) in [4.78, 5) is -0.278. The average Bonchev–Trinajstić information content (AvgIpc) is 2.61. The summed E-state index contributed by atoms with van der Waals surface area (Å²) in [5, 5.41) is 1.74. The molecule has 0 bridgehead atoms. The van der Waals surface area contributed by atoms with Crippen LogP contribution in [0.25, 0.3) is 0 Å². The van der Waals surface area contributed by atoms with Crippen molar-refractivity contribution in [1.29, 1.82) is 0 Å². The van der Waals surface area contributed by atoms with Crippen LogP contribution in [-0.2, 0) is 28.4 Å². The number of anilines is 2. The van der Waals surface area contributed by atoms with E-state index in [0.29, 0.717) is 0 Å². The summed E-state index contributed by atoms with van der Waals surface area (Å²) < 4.78 is 0. The van der Waals surface area contributed by atoms with Crippen LogP contribution in [0.1, 0.15) is 36.1 Å². The van der Waals surface area contributed by atoms with Gasteiger partial charge in [-0.2, -0.15) is 0 Å². The van der Waals surface area contributed by atoms with Gasteiger partial charge in [0.15, 0.2) is 0 Å². The molecule has 26 heavy (non-hydrogen) atoms. The quantitative estimate of drug-likeness (QED) is 0.186. The Morgan fingerprint density at radius 3 is 1.50 bits per heavy atom. The third-order valence-electron chi connectivity index (χ3n) is 3.51. The summed E-state index contributed by atoms with van der Waals surface area (Å²) in [5.41, 5.74) is 18.3. The Morgan fingerprint density at radius 1 is 0.731 bits per heavy atom. The first-order valence-electron chi connectivity index (χ1n) is 7.92. The molecule has 0 aliphatic heterocycles. The monoisotopic (exact) mass is 858 g/mol. The number of nitrogen functional groups attached to an aromatic ring is 2. The first-order valence-corrected chi connectivity index (χ1v) is 23.7. The van der Waals surface area contributed by atoms with Crippen molar-refractivity contribution in [3.8, 4) is 0 Å². The number of halogens is 5. The van der Waals surface area contributed by atoms with Gasteiger partial charge in [0.1, 0.15) is 0 Å². The summed E-state index contributed by atoms with van der Waals surface area (Å²) in [6.45, 7) is 4.33. The molecule has 2 aromatic carbocycles. The Labute approximate surface area is 212 Å². The molecule has 8 heteroatoms. The molecule has 0 amide bonds. The van der Waals surface area contributed by atoms with E-state index in [0.717, 1.165) is 34.9 Å². The number of rotatable bonds is 4. The van der Waals surface area contributed by atoms with E-state index in [9.17, 15) is 0 Å². The Balaban J connectivity index is 0.000000401. The third-order valence-corrected chi connectivity index (χ3v) is 4.72. The molecule has 0 radical (unpaired) electrons. The van der Waals surface area contributed by atoms with Crippen LogP contribution in [0.5, 0.6) is 0 Å². The van der Waals surface area contributed by atoms with Crippen LogP contribution in [0.3, 0.4) is 0 Å². The van der Waals surface area contributed by atoms with Crippen LogP contribution in [-0.4, -0.2) is 0 Å². The molecule has 0 saturated heterocycles. The van der Waals surface area contributed by atoms with Gasteiger partial charge in [0, 0.05) is 22.0 Å². The van der Waals surface area contributed by atoms with Crippen LogP contribution < -0.4 is 11.5 Å². The van der Waals surface area contributed by atoms with Crippen molar-refractivity contribution in [2.24, 2.45) is 0 Å². The van der Waals surface area contributed by atoms with Gasteiger partial charge in [-0.15, -0.1) is 0 Å². The van der Waals surface area contributed by atoms with Gasteiger partial charge in [-0.05, 0) is 59.4 Å². The summed E-state index contributed by atoms with van der Waals surface area (Å²) in [5.74, 6) is 0. The Morgan fingerprint density at radius 2 is 1.12 bits per heavy atom. The number of benzene rings is 2. The van der Waals surface area contributed by atoms with Crippen molar-refractivity contribution in [3.63, 3.8) is 0 Å². The van der Waals surface area contributed by atoms with Crippen molar-refractivity contribution < 1.29 is 4.92 Å². The summed E-state index contributed by atoms with van der Waals surface area (Å²) in [6.07, 6.45) is 2.18. The van der Waals surface area contributed by atoms with E-state index < -0.39 is 0 Å². The Bertz CT molecular complexity index is 602. The molecule has 0 atom stereocenters. The molecule has 0 unspecified atom stereocenters. The van der Waals surface area contributed by atoms with Crippen molar-refractivity contribution in [1.82, 2.24) is 0 Å². The van der Waals surface area contributed by atoms with Crippen LogP contribution in [0, 0.1) is 0 Å². The average molecular weight is 860 g/mol. The second-order valence-corrected chi connectivity index (χ2v) is 41.7. The maximum atomic E-state index is 5.66. The summed E-state index contributed by atoms with van der Waals surface area (Å²) in [6, 6.07) is 12.1. The van der Waals surface area contributed by atoms with Gasteiger partial charge < -0.3 is 11.5 Å². The molecule has 2 aromatic rings. The minimum atomic E-state index is -0.278. The van der Waals surface area contributed by atoms with Crippen molar-refractivity contribution in [3.05, 3.63) is 58.7 Å². The number of alkyl halides is 2. The zero-order chi connectivity index (χ0) is 20.1. The maximum absolute atomic E-state index is 5.66. The first-order chi connectivity index (χ1) is 12.3. The molecule has 0 heterocycles. The van der Waals surface area contributed by atoms with E-state index in [1.807, 2.05) is 24.3 Å². The minimum absolute atomic E-state index is 0.278. The molecule has 2 nitrogen and oxygen atoms in total. The van der Waals surface area contributed by atoms with E-state index in [1.165, 1.54) is 22.3 Å². The topological polar surface area (TPSA) is 52.0 Å². The van der Waals surface area contributed by atoms with Gasteiger partial charge in [0.25, 0.3) is 0 Å². The molecule has 2 rings (SSSR count). The van der Waals surface area contributed by atoms with E-state index in [2.05, 4.69) is 118 Å². The van der Waals surface area contributed by atoms with Crippen LogP contribution in [0.2, 0.25) is 0 Å². The van der Waals surface area contributed by atoms with E-state index in [1.54, 1.807) is 0 Å². The zero-order valence-electron chi connectivity index (χ0n) is 14.8. The number of hydrogen-bond donors (Lipinski definition) is 2. The fourth-order valence-corrected chi connectivity index (χ4v) is 3.29. The molecule has 0 fully saturated rings. The molecule has 0 aromatic heterocycles. The van der Waals surface area contributed by atoms with Gasteiger partial charge in [-0.1, -0.05) is 57.8 Å². The molecule has 0 spiro atoms. The van der Waals surface area contributed by atoms with Gasteiger partial charge in [-0.3, -0.25) is 0 Å². The normalized spacial score (nSPS) is 9.85. The molecular formula is C18H24Br2I3N2V. The predicted molar refractivity (Wildman–Crippen MR) is 148 cm³/mol. The van der Waals surface area contributed by atoms with Crippen LogP contribution >= 0.6 is 91.8 Å². The molecule has 146 valence electrons. The number of aryl methyl sites for hydroxylation is 2. The molecule has 0 aliphatic rings. The van der Waals surface area contributed by atoms with Crippen molar-refractivity contribution in [2.75, 3.05) is 11.5 Å². The van der Waals surface area contributed by atoms with Gasteiger partial charge in [0.05, 0.1) is 0 Å². The molecule has 4 N–H and O–H groups in total. The molecule has 0 saturated carbocycles. The van der Waals surface area contributed by atoms with Gasteiger partial charge in [0.2, 0.25) is 0 Å². The first kappa shape index (κ1) is 27.8. The van der Waals surface area contributed by atoms with E-state index in [-0.39, 0.29) is 4.92 Å². The number of nitrogens with two attached hydrogens (primary N) is 2. The second-order valence-electron chi connectivity index (χ2n) is 5.22. The van der Waals surface area contributed by atoms with E-state index in [4.69, 9.17) is 11.5 Å². The molecule has 0 aliphatic carbocycles. The third kappa shape index (κ3) is 12.4. The van der Waals surface area contributed by atoms with Crippen LogP contribution in [0.15, 0.2) is 36.4 Å². The second kappa shape index (κ2) is 16.6. The standard InChI is InChI=1S/C10H15N.C8H9Br2N.3HI.V/c1-3-8-5-6-10(11)7-9(8)4-2;9-4-6-1-2-8(11)3-7(6)5-10;;;;/h5-7H,3-4,11H2,1-2H3;1-3H,4-5,11H2;3*1H;/q;;;;;+3/p-3. The van der Waals surface area contributed by atoms with E-state index >= 15 is 0 Å².